The van der Waals surface area contributed by atoms with Crippen molar-refractivity contribution >= 4 is 29.2 Å². The van der Waals surface area contributed by atoms with Crippen molar-refractivity contribution in [3.05, 3.63) is 100 Å². The molecule has 0 radical (unpaired) electrons. The normalized spacial score (nSPS) is 11.2. The maximum absolute atomic E-state index is 12.8. The molecule has 2 heterocycles. The summed E-state index contributed by atoms with van der Waals surface area (Å²) in [6.45, 7) is 0.0294. The Morgan fingerprint density at radius 2 is 1.71 bits per heavy atom. The average Bonchev–Trinajstić information content (AvgIpc) is 3.50. The second-order valence-electron chi connectivity index (χ2n) is 6.45. The SMILES string of the molecule is O=C(NCc1nc(-c2ccccc2)no1)/C(=C/c1cccs1)NC(=O)c1ccccc1. The molecule has 0 bridgehead atoms. The van der Waals surface area contributed by atoms with E-state index in [4.69, 9.17) is 4.52 Å². The van der Waals surface area contributed by atoms with Crippen molar-refractivity contribution in [3.8, 4) is 11.4 Å². The maximum Gasteiger partial charge on any atom is 0.268 e. The van der Waals surface area contributed by atoms with Crippen molar-refractivity contribution in [3.63, 3.8) is 0 Å². The van der Waals surface area contributed by atoms with Crippen LogP contribution in [0.15, 0.2) is 88.4 Å². The van der Waals surface area contributed by atoms with E-state index in [0.29, 0.717) is 11.4 Å². The lowest BCUT2D eigenvalue weighted by atomic mass is 10.2. The molecule has 0 aliphatic rings. The molecule has 0 atom stereocenters. The van der Waals surface area contributed by atoms with Gasteiger partial charge in [-0.25, -0.2) is 0 Å². The van der Waals surface area contributed by atoms with Crippen LogP contribution in [-0.4, -0.2) is 22.0 Å². The van der Waals surface area contributed by atoms with Gasteiger partial charge in [-0.05, 0) is 29.7 Å². The van der Waals surface area contributed by atoms with E-state index in [1.165, 1.54) is 11.3 Å². The van der Waals surface area contributed by atoms with E-state index in [2.05, 4.69) is 20.8 Å². The largest absolute Gasteiger partial charge is 0.342 e. The van der Waals surface area contributed by atoms with E-state index in [1.807, 2.05) is 53.9 Å². The summed E-state index contributed by atoms with van der Waals surface area (Å²) >= 11 is 1.46. The van der Waals surface area contributed by atoms with Crippen LogP contribution in [0.2, 0.25) is 0 Å². The van der Waals surface area contributed by atoms with Gasteiger partial charge in [-0.3, -0.25) is 9.59 Å². The third-order valence-electron chi connectivity index (χ3n) is 4.26. The molecule has 2 aromatic heterocycles. The molecule has 0 aliphatic carbocycles. The molecule has 0 fully saturated rings. The van der Waals surface area contributed by atoms with Crippen LogP contribution in [0.25, 0.3) is 17.5 Å². The van der Waals surface area contributed by atoms with Crippen LogP contribution in [0.5, 0.6) is 0 Å². The third-order valence-corrected chi connectivity index (χ3v) is 5.08. The number of nitrogens with zero attached hydrogens (tertiary/aromatic N) is 2. The molecule has 8 heteroatoms. The standard InChI is InChI=1S/C23H18N4O3S/c28-22(17-10-5-2-6-11-17)25-19(14-18-12-7-13-31-18)23(29)24-15-20-26-21(27-30-20)16-8-3-1-4-9-16/h1-14H,15H2,(H,24,29)(H,25,28)/b19-14-. The minimum atomic E-state index is -0.461. The number of hydrogen-bond donors (Lipinski definition) is 2. The summed E-state index contributed by atoms with van der Waals surface area (Å²) in [6.07, 6.45) is 1.63. The predicted octanol–water partition coefficient (Wildman–Crippen LogP) is 3.89. The van der Waals surface area contributed by atoms with Crippen LogP contribution >= 0.6 is 11.3 Å². The van der Waals surface area contributed by atoms with Crippen molar-refractivity contribution in [2.45, 2.75) is 6.54 Å². The number of carbonyl (C=O) groups is 2. The summed E-state index contributed by atoms with van der Waals surface area (Å²) in [5, 5.41) is 11.2. The lowest BCUT2D eigenvalue weighted by Crippen LogP contribution is -2.34. The molecule has 0 saturated carbocycles. The molecular weight excluding hydrogens is 412 g/mol. The molecule has 154 valence electrons. The lowest BCUT2D eigenvalue weighted by Gasteiger charge is -2.10. The first kappa shape index (κ1) is 20.2. The minimum absolute atomic E-state index is 0.0294. The molecule has 4 rings (SSSR count). The Balaban J connectivity index is 1.46. The van der Waals surface area contributed by atoms with Gasteiger partial charge in [-0.15, -0.1) is 11.3 Å². The highest BCUT2D eigenvalue weighted by Gasteiger charge is 2.16. The zero-order valence-electron chi connectivity index (χ0n) is 16.3. The quantitative estimate of drug-likeness (QED) is 0.434. The highest BCUT2D eigenvalue weighted by Crippen LogP contribution is 2.15. The van der Waals surface area contributed by atoms with Crippen molar-refractivity contribution in [1.82, 2.24) is 20.8 Å². The fourth-order valence-electron chi connectivity index (χ4n) is 2.74. The first-order valence-corrected chi connectivity index (χ1v) is 10.3. The van der Waals surface area contributed by atoms with Crippen LogP contribution in [0.1, 0.15) is 21.1 Å². The molecule has 0 unspecified atom stereocenters. The Labute approximate surface area is 182 Å². The Morgan fingerprint density at radius 3 is 2.42 bits per heavy atom. The van der Waals surface area contributed by atoms with Crippen LogP contribution in [0.4, 0.5) is 0 Å². The summed E-state index contributed by atoms with van der Waals surface area (Å²) < 4.78 is 5.22. The van der Waals surface area contributed by atoms with Gasteiger partial charge in [0.25, 0.3) is 11.8 Å². The molecule has 0 aliphatic heterocycles. The molecule has 31 heavy (non-hydrogen) atoms. The van der Waals surface area contributed by atoms with Crippen LogP contribution in [-0.2, 0) is 11.3 Å². The summed E-state index contributed by atoms with van der Waals surface area (Å²) in [5.41, 5.74) is 1.40. The summed E-state index contributed by atoms with van der Waals surface area (Å²) in [6, 6.07) is 21.8. The Morgan fingerprint density at radius 1 is 0.968 bits per heavy atom. The van der Waals surface area contributed by atoms with Gasteiger partial charge in [0.15, 0.2) is 0 Å². The van der Waals surface area contributed by atoms with Gasteiger partial charge in [-0.2, -0.15) is 4.98 Å². The number of thiophene rings is 1. The Kier molecular flexibility index (Phi) is 6.29. The molecule has 2 amide bonds. The number of hydrogen-bond acceptors (Lipinski definition) is 6. The van der Waals surface area contributed by atoms with Gasteiger partial charge in [0.1, 0.15) is 5.70 Å². The molecule has 0 saturated heterocycles. The van der Waals surface area contributed by atoms with Gasteiger partial charge in [-0.1, -0.05) is 59.8 Å². The first-order valence-electron chi connectivity index (χ1n) is 9.47. The molecule has 2 aromatic carbocycles. The van der Waals surface area contributed by atoms with E-state index < -0.39 is 5.91 Å². The number of nitrogens with one attached hydrogen (secondary N) is 2. The van der Waals surface area contributed by atoms with E-state index in [1.54, 1.807) is 30.3 Å². The van der Waals surface area contributed by atoms with E-state index in [-0.39, 0.29) is 24.0 Å². The van der Waals surface area contributed by atoms with Crippen LogP contribution in [0.3, 0.4) is 0 Å². The fraction of sp³-hybridized carbons (Fsp3) is 0.0435. The van der Waals surface area contributed by atoms with Gasteiger partial charge >= 0.3 is 0 Å². The number of aromatic nitrogens is 2. The molecule has 4 aromatic rings. The minimum Gasteiger partial charge on any atom is -0.342 e. The second kappa shape index (κ2) is 9.64. The Bertz CT molecular complexity index is 1190. The maximum atomic E-state index is 12.8. The van der Waals surface area contributed by atoms with Crippen molar-refractivity contribution < 1.29 is 14.1 Å². The van der Waals surface area contributed by atoms with Crippen LogP contribution in [0, 0.1) is 0 Å². The van der Waals surface area contributed by atoms with Crippen LogP contribution < -0.4 is 10.6 Å². The van der Waals surface area contributed by atoms with E-state index in [9.17, 15) is 9.59 Å². The highest BCUT2D eigenvalue weighted by molar-refractivity contribution is 7.10. The summed E-state index contributed by atoms with van der Waals surface area (Å²) in [5.74, 6) is -0.131. The van der Waals surface area contributed by atoms with Crippen molar-refractivity contribution in [1.29, 1.82) is 0 Å². The number of rotatable bonds is 7. The average molecular weight is 430 g/mol. The predicted molar refractivity (Wildman–Crippen MR) is 118 cm³/mol. The fourth-order valence-corrected chi connectivity index (χ4v) is 3.40. The summed E-state index contributed by atoms with van der Waals surface area (Å²) in [4.78, 5) is 30.5. The lowest BCUT2D eigenvalue weighted by molar-refractivity contribution is -0.118. The highest BCUT2D eigenvalue weighted by atomic mass is 32.1. The summed E-state index contributed by atoms with van der Waals surface area (Å²) in [7, 11) is 0. The number of benzene rings is 2. The third kappa shape index (κ3) is 5.31. The van der Waals surface area contributed by atoms with E-state index in [0.717, 1.165) is 10.4 Å². The van der Waals surface area contributed by atoms with Gasteiger partial charge in [0.2, 0.25) is 11.7 Å². The Hall–Kier alpha value is -4.04. The topological polar surface area (TPSA) is 97.1 Å². The second-order valence-corrected chi connectivity index (χ2v) is 7.43. The number of amides is 2. The zero-order valence-corrected chi connectivity index (χ0v) is 17.1. The zero-order chi connectivity index (χ0) is 21.5. The van der Waals surface area contributed by atoms with Crippen molar-refractivity contribution in [2.24, 2.45) is 0 Å². The number of carbonyl (C=O) groups excluding carboxylic acids is 2. The molecular formula is C23H18N4O3S. The monoisotopic (exact) mass is 430 g/mol. The molecule has 0 spiro atoms. The van der Waals surface area contributed by atoms with Gasteiger partial charge in [0, 0.05) is 16.0 Å². The van der Waals surface area contributed by atoms with Gasteiger partial charge in [0.05, 0.1) is 6.54 Å². The smallest absolute Gasteiger partial charge is 0.268 e. The van der Waals surface area contributed by atoms with Crippen molar-refractivity contribution in [2.75, 3.05) is 0 Å². The van der Waals surface area contributed by atoms with E-state index >= 15 is 0 Å². The molecule has 2 N–H and O–H groups in total. The van der Waals surface area contributed by atoms with Gasteiger partial charge < -0.3 is 15.2 Å². The first-order chi connectivity index (χ1) is 15.2. The molecule has 7 nitrogen and oxygen atoms in total.